The predicted molar refractivity (Wildman–Crippen MR) is 165 cm³/mol. The zero-order valence-corrected chi connectivity index (χ0v) is 27.9. The van der Waals surface area contributed by atoms with E-state index in [0.717, 1.165) is 77.3 Å². The van der Waals surface area contributed by atoms with Gasteiger partial charge in [-0.2, -0.15) is 0 Å². The molecular weight excluding hydrogens is 526 g/mol. The molecule has 11 atom stereocenters. The van der Waals surface area contributed by atoms with Crippen molar-refractivity contribution in [1.82, 2.24) is 5.32 Å². The molecule has 6 heteroatoms. The third-order valence-corrected chi connectivity index (χ3v) is 15.1. The summed E-state index contributed by atoms with van der Waals surface area (Å²) in [4.78, 5) is 13.2. The molecule has 240 valence electrons. The molecule has 2 heterocycles. The second-order valence-electron chi connectivity index (χ2n) is 17.9. The van der Waals surface area contributed by atoms with Crippen molar-refractivity contribution in [3.05, 3.63) is 0 Å². The Bertz CT molecular complexity index is 1050. The van der Waals surface area contributed by atoms with Crippen molar-refractivity contribution in [1.29, 1.82) is 0 Å². The van der Waals surface area contributed by atoms with E-state index in [1.54, 1.807) is 0 Å². The van der Waals surface area contributed by atoms with Crippen LogP contribution in [-0.2, 0) is 14.3 Å². The molecular formula is C36H61NO5. The van der Waals surface area contributed by atoms with Crippen molar-refractivity contribution in [2.45, 2.75) is 156 Å². The lowest BCUT2D eigenvalue weighted by Crippen LogP contribution is -2.66. The van der Waals surface area contributed by atoms with Crippen molar-refractivity contribution in [2.24, 2.45) is 51.2 Å². The van der Waals surface area contributed by atoms with Crippen LogP contribution in [0, 0.1) is 51.2 Å². The molecule has 0 amide bonds. The Morgan fingerprint density at radius 2 is 1.52 bits per heavy atom. The van der Waals surface area contributed by atoms with Crippen LogP contribution in [0.3, 0.4) is 0 Å². The lowest BCUT2D eigenvalue weighted by molar-refractivity contribution is -0.251. The van der Waals surface area contributed by atoms with Crippen LogP contribution < -0.4 is 5.32 Å². The van der Waals surface area contributed by atoms with Crippen molar-refractivity contribution in [2.75, 3.05) is 13.1 Å². The van der Waals surface area contributed by atoms with Gasteiger partial charge in [0.05, 0.1) is 29.3 Å². The summed E-state index contributed by atoms with van der Waals surface area (Å²) in [7, 11) is 0. The second-order valence-corrected chi connectivity index (χ2v) is 17.9. The summed E-state index contributed by atoms with van der Waals surface area (Å²) >= 11 is 0. The molecule has 0 radical (unpaired) electrons. The van der Waals surface area contributed by atoms with Crippen molar-refractivity contribution >= 4 is 5.97 Å². The maximum atomic E-state index is 13.2. The van der Waals surface area contributed by atoms with Crippen LogP contribution in [0.1, 0.15) is 126 Å². The molecule has 4 aliphatic carbocycles. The van der Waals surface area contributed by atoms with Crippen LogP contribution in [0.25, 0.3) is 0 Å². The average molecular weight is 588 g/mol. The molecule has 3 N–H and O–H groups in total. The van der Waals surface area contributed by atoms with Gasteiger partial charge in [-0.25, -0.2) is 0 Å². The fraction of sp³-hybridized carbons (Fsp3) is 0.972. The Hall–Kier alpha value is -0.690. The minimum atomic E-state index is -0.845. The van der Waals surface area contributed by atoms with E-state index < -0.39 is 5.60 Å². The highest BCUT2D eigenvalue weighted by atomic mass is 16.5. The molecule has 4 saturated carbocycles. The average Bonchev–Trinajstić information content (AvgIpc) is 3.51. The minimum Gasteiger partial charge on any atom is -0.462 e. The molecule has 0 aromatic heterocycles. The van der Waals surface area contributed by atoms with Crippen LogP contribution in [0.5, 0.6) is 0 Å². The Kier molecular flexibility index (Phi) is 7.57. The fourth-order valence-corrected chi connectivity index (χ4v) is 12.6. The van der Waals surface area contributed by atoms with Gasteiger partial charge in [-0.05, 0) is 144 Å². The van der Waals surface area contributed by atoms with Gasteiger partial charge in [0, 0.05) is 5.41 Å². The first kappa shape index (κ1) is 31.3. The number of nitrogens with one attached hydrogen (secondary N) is 1. The van der Waals surface area contributed by atoms with Crippen molar-refractivity contribution in [3.8, 4) is 0 Å². The number of aliphatic hydroxyl groups is 2. The van der Waals surface area contributed by atoms with E-state index in [9.17, 15) is 15.0 Å². The van der Waals surface area contributed by atoms with Gasteiger partial charge in [0.25, 0.3) is 0 Å². The number of hydrogen-bond acceptors (Lipinski definition) is 6. The van der Waals surface area contributed by atoms with E-state index in [1.165, 1.54) is 6.42 Å². The highest BCUT2D eigenvalue weighted by molar-refractivity contribution is 5.72. The van der Waals surface area contributed by atoms with Gasteiger partial charge >= 0.3 is 5.97 Å². The summed E-state index contributed by atoms with van der Waals surface area (Å²) in [6.07, 6.45) is 10.5. The maximum absolute atomic E-state index is 13.2. The summed E-state index contributed by atoms with van der Waals surface area (Å²) in [6, 6.07) is 0. The monoisotopic (exact) mass is 587 g/mol. The molecule has 3 unspecified atom stereocenters. The molecule has 6 fully saturated rings. The van der Waals surface area contributed by atoms with Gasteiger partial charge in [0.2, 0.25) is 0 Å². The summed E-state index contributed by atoms with van der Waals surface area (Å²) in [5.74, 6) is 1.51. The topological polar surface area (TPSA) is 88.0 Å². The lowest BCUT2D eigenvalue weighted by Gasteiger charge is -2.70. The van der Waals surface area contributed by atoms with Crippen LogP contribution in [0.15, 0.2) is 0 Å². The van der Waals surface area contributed by atoms with Gasteiger partial charge in [-0.1, -0.05) is 34.6 Å². The van der Waals surface area contributed by atoms with Crippen LogP contribution >= 0.6 is 0 Å². The van der Waals surface area contributed by atoms with Gasteiger partial charge < -0.3 is 25.0 Å². The summed E-state index contributed by atoms with van der Waals surface area (Å²) in [6.45, 7) is 20.2. The van der Waals surface area contributed by atoms with Gasteiger partial charge in [-0.15, -0.1) is 0 Å². The van der Waals surface area contributed by atoms with Gasteiger partial charge in [-0.3, -0.25) is 4.79 Å². The number of fused-ring (bicyclic) bond motifs is 5. The zero-order chi connectivity index (χ0) is 30.5. The van der Waals surface area contributed by atoms with E-state index in [4.69, 9.17) is 9.47 Å². The Morgan fingerprint density at radius 3 is 2.17 bits per heavy atom. The molecule has 6 rings (SSSR count). The molecule has 2 aliphatic heterocycles. The van der Waals surface area contributed by atoms with Crippen LogP contribution in [0.4, 0.5) is 0 Å². The molecule has 0 aromatic rings. The molecule has 2 saturated heterocycles. The highest BCUT2D eigenvalue weighted by Gasteiger charge is 2.72. The molecule has 0 spiro atoms. The number of carbonyl (C=O) groups is 1. The van der Waals surface area contributed by atoms with Crippen molar-refractivity contribution < 1.29 is 24.5 Å². The SMILES string of the molecule is CC(C)(O)[C@H]1CC[C@@](C)([C@H]2CC[C@]3(C)C2[C@H](O)CC2[C@@]4(C)CC[C@H](OC(=O)C5CCNCC5)C(C)(C)C4CC[C@]23C)O1. The van der Waals surface area contributed by atoms with E-state index in [-0.39, 0.29) is 63.4 Å². The number of piperidine rings is 1. The number of hydrogen-bond donors (Lipinski definition) is 3. The smallest absolute Gasteiger partial charge is 0.309 e. The van der Waals surface area contributed by atoms with Crippen LogP contribution in [0.2, 0.25) is 0 Å². The van der Waals surface area contributed by atoms with E-state index in [1.807, 2.05) is 13.8 Å². The second kappa shape index (κ2) is 10.2. The highest BCUT2D eigenvalue weighted by Crippen LogP contribution is 2.76. The summed E-state index contributed by atoms with van der Waals surface area (Å²) < 4.78 is 13.1. The Morgan fingerprint density at radius 1 is 0.857 bits per heavy atom. The normalized spacial score (nSPS) is 51.0. The molecule has 0 bridgehead atoms. The first-order valence-electron chi connectivity index (χ1n) is 17.5. The van der Waals surface area contributed by atoms with E-state index >= 15 is 0 Å². The quantitative estimate of drug-likeness (QED) is 0.337. The fourth-order valence-electron chi connectivity index (χ4n) is 12.6. The number of esters is 1. The number of ether oxygens (including phenoxy) is 2. The third kappa shape index (κ3) is 4.49. The Balaban J connectivity index is 1.24. The molecule has 0 aromatic carbocycles. The predicted octanol–water partition coefficient (Wildman–Crippen LogP) is 6.26. The first-order valence-corrected chi connectivity index (χ1v) is 17.5. The van der Waals surface area contributed by atoms with Crippen LogP contribution in [-0.4, -0.2) is 58.8 Å². The summed E-state index contributed by atoms with van der Waals surface area (Å²) in [5.41, 5.74) is -0.916. The zero-order valence-electron chi connectivity index (χ0n) is 27.9. The third-order valence-electron chi connectivity index (χ3n) is 15.1. The molecule has 42 heavy (non-hydrogen) atoms. The molecule has 6 nitrogen and oxygen atoms in total. The number of carbonyl (C=O) groups excluding carboxylic acids is 1. The van der Waals surface area contributed by atoms with Crippen molar-refractivity contribution in [3.63, 3.8) is 0 Å². The van der Waals surface area contributed by atoms with Gasteiger partial charge in [0.15, 0.2) is 0 Å². The standard InChI is InChI=1S/C36H61NO5/c1-31(2)25-10-17-34(6)26(33(25,5)15-11-27(31)41-30(39)22-13-19-37-20-14-22)21-24(38)29-23(9-16-35(29,34)7)36(8)18-12-28(42-36)32(3,4)40/h22-29,37-38,40H,9-21H2,1-8H3/t23-,24+,25?,26?,27-,28+,29?,33-,34+,35+,36-/m0/s1. The largest absolute Gasteiger partial charge is 0.462 e. The van der Waals surface area contributed by atoms with Gasteiger partial charge in [0.1, 0.15) is 6.10 Å². The Labute approximate surface area is 255 Å². The summed E-state index contributed by atoms with van der Waals surface area (Å²) in [5, 5.41) is 26.2. The molecule has 6 aliphatic rings. The maximum Gasteiger partial charge on any atom is 0.309 e. The first-order chi connectivity index (χ1) is 19.5. The number of aliphatic hydroxyl groups excluding tert-OH is 1. The van der Waals surface area contributed by atoms with E-state index in [2.05, 4.69) is 46.9 Å². The number of rotatable bonds is 4. The lowest BCUT2D eigenvalue weighted by atomic mass is 9.35. The minimum absolute atomic E-state index is 0.0220. The van der Waals surface area contributed by atoms with E-state index in [0.29, 0.717) is 17.8 Å².